The van der Waals surface area contributed by atoms with Crippen molar-refractivity contribution in [2.75, 3.05) is 5.32 Å². The molecule has 0 aliphatic heterocycles. The van der Waals surface area contributed by atoms with E-state index < -0.39 is 16.6 Å². The summed E-state index contributed by atoms with van der Waals surface area (Å²) in [6, 6.07) is 7.71. The fraction of sp³-hybridized carbons (Fsp3) is 0.0769. The Kier molecular flexibility index (Phi) is 4.29. The molecule has 0 unspecified atom stereocenters. The Morgan fingerprint density at radius 1 is 1.25 bits per heavy atom. The first-order valence-corrected chi connectivity index (χ1v) is 6.38. The maximum absolute atomic E-state index is 13.6. The number of nitrogens with zero attached hydrogens (tertiary/aromatic N) is 1. The summed E-state index contributed by atoms with van der Waals surface area (Å²) >= 11 is 3.19. The molecule has 1 N–H and O–H groups in total. The van der Waals surface area contributed by atoms with Crippen molar-refractivity contribution in [1.29, 1.82) is 0 Å². The molecule has 20 heavy (non-hydrogen) atoms. The summed E-state index contributed by atoms with van der Waals surface area (Å²) in [4.78, 5) is 9.96. The number of nitro benzene ring substituents is 1. The molecule has 4 nitrogen and oxygen atoms in total. The molecule has 0 bridgehead atoms. The number of para-hydroxylation sites is 1. The van der Waals surface area contributed by atoms with Gasteiger partial charge in [0.1, 0.15) is 11.6 Å². The van der Waals surface area contributed by atoms with E-state index in [2.05, 4.69) is 21.2 Å². The van der Waals surface area contributed by atoms with E-state index >= 15 is 0 Å². The molecule has 0 heterocycles. The molecule has 0 fully saturated rings. The number of hydrogen-bond donors (Lipinski definition) is 1. The highest BCUT2D eigenvalue weighted by molar-refractivity contribution is 9.10. The smallest absolute Gasteiger partial charge is 0.272 e. The number of nitrogens with one attached hydrogen (secondary N) is 1. The highest BCUT2D eigenvalue weighted by Gasteiger charge is 2.11. The Balaban J connectivity index is 2.21. The van der Waals surface area contributed by atoms with Crippen LogP contribution < -0.4 is 5.32 Å². The number of non-ortho nitro benzene ring substituents is 1. The summed E-state index contributed by atoms with van der Waals surface area (Å²) in [5, 5.41) is 13.4. The summed E-state index contributed by atoms with van der Waals surface area (Å²) in [5.74, 6) is -1.17. The van der Waals surface area contributed by atoms with Crippen molar-refractivity contribution in [2.24, 2.45) is 0 Å². The molecular formula is C13H9BrF2N2O2. The predicted molar refractivity (Wildman–Crippen MR) is 74.5 cm³/mol. The van der Waals surface area contributed by atoms with Crippen molar-refractivity contribution in [3.8, 4) is 0 Å². The van der Waals surface area contributed by atoms with Crippen LogP contribution in [0.3, 0.4) is 0 Å². The van der Waals surface area contributed by atoms with Crippen LogP contribution in [0.5, 0.6) is 0 Å². The SMILES string of the molecule is O=[N+]([O-])c1cc(F)cc(CNc2c(F)cccc2Br)c1. The van der Waals surface area contributed by atoms with Gasteiger partial charge in [0.25, 0.3) is 5.69 Å². The van der Waals surface area contributed by atoms with Gasteiger partial charge in [0.15, 0.2) is 0 Å². The zero-order chi connectivity index (χ0) is 14.7. The molecule has 0 saturated heterocycles. The van der Waals surface area contributed by atoms with E-state index in [9.17, 15) is 18.9 Å². The van der Waals surface area contributed by atoms with Crippen molar-refractivity contribution >= 4 is 27.3 Å². The molecule has 0 atom stereocenters. The lowest BCUT2D eigenvalue weighted by Crippen LogP contribution is -2.03. The van der Waals surface area contributed by atoms with Crippen LogP contribution in [0.1, 0.15) is 5.56 Å². The van der Waals surface area contributed by atoms with E-state index in [1.165, 1.54) is 18.2 Å². The molecule has 2 rings (SSSR count). The lowest BCUT2D eigenvalue weighted by Gasteiger charge is -2.09. The number of nitro groups is 1. The van der Waals surface area contributed by atoms with E-state index in [1.54, 1.807) is 6.07 Å². The lowest BCUT2D eigenvalue weighted by molar-refractivity contribution is -0.385. The average Bonchev–Trinajstić information content (AvgIpc) is 2.37. The van der Waals surface area contributed by atoms with E-state index in [-0.39, 0.29) is 17.9 Å². The van der Waals surface area contributed by atoms with Crippen molar-refractivity contribution in [3.63, 3.8) is 0 Å². The first kappa shape index (κ1) is 14.4. The standard InChI is InChI=1S/C13H9BrF2N2O2/c14-11-2-1-3-12(16)13(11)17-7-8-4-9(15)6-10(5-8)18(19)20/h1-6,17H,7H2. The average molecular weight is 343 g/mol. The van der Waals surface area contributed by atoms with Gasteiger partial charge in [-0.3, -0.25) is 10.1 Å². The maximum Gasteiger partial charge on any atom is 0.272 e. The largest absolute Gasteiger partial charge is 0.378 e. The number of benzene rings is 2. The van der Waals surface area contributed by atoms with Crippen molar-refractivity contribution in [3.05, 3.63) is 68.2 Å². The van der Waals surface area contributed by atoms with Gasteiger partial charge >= 0.3 is 0 Å². The molecule has 0 spiro atoms. The Morgan fingerprint density at radius 3 is 2.65 bits per heavy atom. The molecule has 0 radical (unpaired) electrons. The van der Waals surface area contributed by atoms with Crippen LogP contribution >= 0.6 is 15.9 Å². The van der Waals surface area contributed by atoms with Crippen LogP contribution in [0.2, 0.25) is 0 Å². The minimum Gasteiger partial charge on any atom is -0.378 e. The number of anilines is 1. The second-order valence-electron chi connectivity index (χ2n) is 4.02. The van der Waals surface area contributed by atoms with Crippen molar-refractivity contribution < 1.29 is 13.7 Å². The summed E-state index contributed by atoms with van der Waals surface area (Å²) in [6.45, 7) is 0.0676. The number of hydrogen-bond acceptors (Lipinski definition) is 3. The van der Waals surface area contributed by atoms with Gasteiger partial charge in [-0.1, -0.05) is 6.07 Å². The lowest BCUT2D eigenvalue weighted by atomic mass is 10.2. The Morgan fingerprint density at radius 2 is 2.00 bits per heavy atom. The molecule has 104 valence electrons. The maximum atomic E-state index is 13.6. The van der Waals surface area contributed by atoms with Crippen LogP contribution in [0, 0.1) is 21.7 Å². The second-order valence-corrected chi connectivity index (χ2v) is 4.88. The van der Waals surface area contributed by atoms with Crippen LogP contribution in [0.4, 0.5) is 20.2 Å². The number of rotatable bonds is 4. The Labute approximate surface area is 121 Å². The van der Waals surface area contributed by atoms with Gasteiger partial charge < -0.3 is 5.32 Å². The van der Waals surface area contributed by atoms with E-state index in [0.717, 1.165) is 12.1 Å². The molecule has 2 aromatic carbocycles. The van der Waals surface area contributed by atoms with Gasteiger partial charge in [-0.25, -0.2) is 8.78 Å². The third-order valence-electron chi connectivity index (χ3n) is 2.59. The van der Waals surface area contributed by atoms with E-state index in [1.807, 2.05) is 0 Å². The normalized spacial score (nSPS) is 10.3. The summed E-state index contributed by atoms with van der Waals surface area (Å²) in [6.07, 6.45) is 0. The molecule has 0 aromatic heterocycles. The zero-order valence-electron chi connectivity index (χ0n) is 10.1. The first-order valence-electron chi connectivity index (χ1n) is 5.59. The molecule has 0 aliphatic carbocycles. The molecule has 0 amide bonds. The fourth-order valence-electron chi connectivity index (χ4n) is 1.70. The van der Waals surface area contributed by atoms with Crippen LogP contribution in [0.25, 0.3) is 0 Å². The quantitative estimate of drug-likeness (QED) is 0.667. The molecule has 7 heteroatoms. The highest BCUT2D eigenvalue weighted by atomic mass is 79.9. The van der Waals surface area contributed by atoms with Gasteiger partial charge in [0, 0.05) is 17.1 Å². The first-order chi connectivity index (χ1) is 9.47. The van der Waals surface area contributed by atoms with Crippen molar-refractivity contribution in [1.82, 2.24) is 0 Å². The summed E-state index contributed by atoms with van der Waals surface area (Å²) in [7, 11) is 0. The minimum absolute atomic E-state index is 0.0676. The Bertz CT molecular complexity index is 645. The second kappa shape index (κ2) is 5.96. The van der Waals surface area contributed by atoms with Crippen molar-refractivity contribution in [2.45, 2.75) is 6.54 Å². The van der Waals surface area contributed by atoms with Gasteiger partial charge in [0.05, 0.1) is 16.7 Å². The van der Waals surface area contributed by atoms with Crippen LogP contribution in [0.15, 0.2) is 40.9 Å². The van der Waals surface area contributed by atoms with Gasteiger partial charge in [-0.2, -0.15) is 0 Å². The van der Waals surface area contributed by atoms with E-state index in [4.69, 9.17) is 0 Å². The van der Waals surface area contributed by atoms with Gasteiger partial charge in [-0.05, 0) is 39.7 Å². The van der Waals surface area contributed by atoms with Crippen LogP contribution in [-0.4, -0.2) is 4.92 Å². The zero-order valence-corrected chi connectivity index (χ0v) is 11.7. The monoisotopic (exact) mass is 342 g/mol. The minimum atomic E-state index is -0.705. The van der Waals surface area contributed by atoms with Crippen LogP contribution in [-0.2, 0) is 6.54 Å². The topological polar surface area (TPSA) is 55.2 Å². The predicted octanol–water partition coefficient (Wildman–Crippen LogP) is 4.25. The summed E-state index contributed by atoms with van der Waals surface area (Å²) < 4.78 is 27.3. The van der Waals surface area contributed by atoms with E-state index in [0.29, 0.717) is 10.0 Å². The molecular weight excluding hydrogens is 334 g/mol. The van der Waals surface area contributed by atoms with Gasteiger partial charge in [0.2, 0.25) is 0 Å². The summed E-state index contributed by atoms with van der Waals surface area (Å²) in [5.41, 5.74) is 0.237. The molecule has 2 aromatic rings. The molecule has 0 saturated carbocycles. The Hall–Kier alpha value is -2.02. The third kappa shape index (κ3) is 3.30. The molecule has 0 aliphatic rings. The number of halogens is 3. The highest BCUT2D eigenvalue weighted by Crippen LogP contribution is 2.26. The fourth-order valence-corrected chi connectivity index (χ4v) is 2.18. The third-order valence-corrected chi connectivity index (χ3v) is 3.25. The van der Waals surface area contributed by atoms with Gasteiger partial charge in [-0.15, -0.1) is 0 Å².